The summed E-state index contributed by atoms with van der Waals surface area (Å²) in [7, 11) is 0. The Balaban J connectivity index is 0.000000184. The molecule has 0 aliphatic carbocycles. The van der Waals surface area contributed by atoms with Crippen molar-refractivity contribution in [3.05, 3.63) is 58.3 Å². The third-order valence-corrected chi connectivity index (χ3v) is 2.81. The molecule has 0 spiro atoms. The van der Waals surface area contributed by atoms with Crippen molar-refractivity contribution in [1.82, 2.24) is 0 Å². The molecule has 2 aromatic rings. The molecule has 0 saturated carbocycles. The molecule has 1 aromatic heterocycles. The van der Waals surface area contributed by atoms with Crippen LogP contribution in [0.3, 0.4) is 0 Å². The van der Waals surface area contributed by atoms with Crippen LogP contribution in [0.1, 0.15) is 15.2 Å². The molecule has 0 aliphatic heterocycles. The number of amides is 1. The molecule has 0 unspecified atom stereocenters. The van der Waals surface area contributed by atoms with E-state index in [1.807, 2.05) is 30.3 Å². The van der Waals surface area contributed by atoms with Gasteiger partial charge in [-0.3, -0.25) is 4.79 Å². The SMILES string of the molecule is NC(=O)Cc1ccccc1.O=C(O)c1cccs1. The van der Waals surface area contributed by atoms with Crippen LogP contribution >= 0.6 is 11.3 Å². The van der Waals surface area contributed by atoms with Crippen molar-refractivity contribution in [2.24, 2.45) is 5.73 Å². The fraction of sp³-hybridized carbons (Fsp3) is 0.0769. The summed E-state index contributed by atoms with van der Waals surface area (Å²) >= 11 is 1.23. The molecule has 18 heavy (non-hydrogen) atoms. The van der Waals surface area contributed by atoms with Crippen LogP contribution in [0, 0.1) is 0 Å². The van der Waals surface area contributed by atoms with Crippen LogP contribution in [0.5, 0.6) is 0 Å². The second-order valence-corrected chi connectivity index (χ2v) is 4.36. The van der Waals surface area contributed by atoms with Gasteiger partial charge in [-0.1, -0.05) is 36.4 Å². The predicted octanol–water partition coefficient (Wildman–Crippen LogP) is 2.16. The second-order valence-electron chi connectivity index (χ2n) is 3.41. The zero-order valence-corrected chi connectivity index (χ0v) is 10.4. The highest BCUT2D eigenvalue weighted by atomic mass is 32.1. The van der Waals surface area contributed by atoms with Crippen LogP contribution in [-0.2, 0) is 11.2 Å². The van der Waals surface area contributed by atoms with E-state index in [0.29, 0.717) is 11.3 Å². The maximum absolute atomic E-state index is 10.4. The summed E-state index contributed by atoms with van der Waals surface area (Å²) in [5.74, 6) is -1.13. The fourth-order valence-corrected chi connectivity index (χ4v) is 1.76. The Kier molecular flexibility index (Phi) is 5.60. The van der Waals surface area contributed by atoms with Crippen molar-refractivity contribution in [1.29, 1.82) is 0 Å². The highest BCUT2D eigenvalue weighted by molar-refractivity contribution is 7.11. The summed E-state index contributed by atoms with van der Waals surface area (Å²) < 4.78 is 0. The Morgan fingerprint density at radius 2 is 1.78 bits per heavy atom. The lowest BCUT2D eigenvalue weighted by Crippen LogP contribution is -2.13. The van der Waals surface area contributed by atoms with E-state index in [1.165, 1.54) is 11.3 Å². The number of thiophene rings is 1. The monoisotopic (exact) mass is 263 g/mol. The van der Waals surface area contributed by atoms with Crippen molar-refractivity contribution in [2.45, 2.75) is 6.42 Å². The maximum atomic E-state index is 10.4. The predicted molar refractivity (Wildman–Crippen MR) is 70.6 cm³/mol. The summed E-state index contributed by atoms with van der Waals surface area (Å²) in [6, 6.07) is 12.7. The first-order valence-electron chi connectivity index (χ1n) is 5.18. The Morgan fingerprint density at radius 1 is 1.11 bits per heavy atom. The number of carbonyl (C=O) groups is 2. The number of nitrogens with two attached hydrogens (primary N) is 1. The number of rotatable bonds is 3. The Hall–Kier alpha value is -2.14. The van der Waals surface area contributed by atoms with Crippen molar-refractivity contribution >= 4 is 23.2 Å². The van der Waals surface area contributed by atoms with E-state index in [0.717, 1.165) is 5.56 Å². The smallest absolute Gasteiger partial charge is 0.345 e. The number of primary amides is 1. The summed E-state index contributed by atoms with van der Waals surface area (Å²) in [5, 5.41) is 10.0. The number of hydrogen-bond donors (Lipinski definition) is 2. The zero-order chi connectivity index (χ0) is 13.4. The Labute approximate surface area is 109 Å². The van der Waals surface area contributed by atoms with Gasteiger partial charge in [0, 0.05) is 0 Å². The highest BCUT2D eigenvalue weighted by Crippen LogP contribution is 2.06. The average molecular weight is 263 g/mol. The quantitative estimate of drug-likeness (QED) is 0.890. The summed E-state index contributed by atoms with van der Waals surface area (Å²) in [4.78, 5) is 20.9. The number of carboxylic acid groups (broad SMARTS) is 1. The standard InChI is InChI=1S/C8H9NO.C5H4O2S/c9-8(10)6-7-4-2-1-3-5-7;6-5(7)4-2-1-3-8-4/h1-5H,6H2,(H2,9,10);1-3H,(H,6,7). The molecule has 4 nitrogen and oxygen atoms in total. The van der Waals surface area contributed by atoms with Crippen molar-refractivity contribution in [3.8, 4) is 0 Å². The van der Waals surface area contributed by atoms with Gasteiger partial charge in [-0.25, -0.2) is 4.79 Å². The first-order valence-corrected chi connectivity index (χ1v) is 6.06. The fourth-order valence-electron chi connectivity index (χ4n) is 1.20. The van der Waals surface area contributed by atoms with Gasteiger partial charge in [0.15, 0.2) is 0 Å². The summed E-state index contributed by atoms with van der Waals surface area (Å²) in [6.45, 7) is 0. The molecule has 0 bridgehead atoms. The topological polar surface area (TPSA) is 80.4 Å². The molecule has 0 fully saturated rings. The first kappa shape index (κ1) is 13.9. The van der Waals surface area contributed by atoms with Gasteiger partial charge < -0.3 is 10.8 Å². The lowest BCUT2D eigenvalue weighted by molar-refractivity contribution is -0.117. The third kappa shape index (κ3) is 5.27. The minimum atomic E-state index is -0.847. The van der Waals surface area contributed by atoms with Crippen LogP contribution < -0.4 is 5.73 Å². The van der Waals surface area contributed by atoms with E-state index < -0.39 is 5.97 Å². The highest BCUT2D eigenvalue weighted by Gasteiger charge is 1.99. The third-order valence-electron chi connectivity index (χ3n) is 1.95. The van der Waals surface area contributed by atoms with E-state index in [4.69, 9.17) is 10.8 Å². The van der Waals surface area contributed by atoms with Gasteiger partial charge >= 0.3 is 5.97 Å². The number of hydrogen-bond acceptors (Lipinski definition) is 3. The molecule has 0 saturated heterocycles. The zero-order valence-electron chi connectivity index (χ0n) is 9.58. The summed E-state index contributed by atoms with van der Waals surface area (Å²) in [6.07, 6.45) is 0.334. The van der Waals surface area contributed by atoms with Crippen molar-refractivity contribution < 1.29 is 14.7 Å². The molecule has 94 valence electrons. The normalized spacial score (nSPS) is 9.11. The van der Waals surface area contributed by atoms with Gasteiger partial charge in [-0.15, -0.1) is 11.3 Å². The molecule has 1 amide bonds. The van der Waals surface area contributed by atoms with Crippen molar-refractivity contribution in [3.63, 3.8) is 0 Å². The average Bonchev–Trinajstić information content (AvgIpc) is 2.84. The number of carbonyl (C=O) groups excluding carboxylic acids is 1. The summed E-state index contributed by atoms with van der Waals surface area (Å²) in [5.41, 5.74) is 5.95. The van der Waals surface area contributed by atoms with Gasteiger partial charge in [-0.05, 0) is 17.0 Å². The van der Waals surface area contributed by atoms with Crippen LogP contribution in [0.4, 0.5) is 0 Å². The van der Waals surface area contributed by atoms with Gasteiger partial charge in [-0.2, -0.15) is 0 Å². The molecule has 0 radical (unpaired) electrons. The number of benzene rings is 1. The molecule has 0 aliphatic rings. The Bertz CT molecular complexity index is 494. The van der Waals surface area contributed by atoms with Gasteiger partial charge in [0.1, 0.15) is 4.88 Å². The molecule has 1 heterocycles. The molecular weight excluding hydrogens is 250 g/mol. The molecule has 2 rings (SSSR count). The number of carboxylic acids is 1. The minimum absolute atomic E-state index is 0.286. The molecule has 3 N–H and O–H groups in total. The lowest BCUT2D eigenvalue weighted by Gasteiger charge is -1.93. The van der Waals surface area contributed by atoms with E-state index in [-0.39, 0.29) is 5.91 Å². The first-order chi connectivity index (χ1) is 8.59. The van der Waals surface area contributed by atoms with E-state index >= 15 is 0 Å². The number of aromatic carboxylic acids is 1. The van der Waals surface area contributed by atoms with Crippen LogP contribution in [-0.4, -0.2) is 17.0 Å². The van der Waals surface area contributed by atoms with Gasteiger partial charge in [0.25, 0.3) is 0 Å². The lowest BCUT2D eigenvalue weighted by atomic mass is 10.1. The van der Waals surface area contributed by atoms with E-state index in [2.05, 4.69) is 0 Å². The minimum Gasteiger partial charge on any atom is -0.477 e. The molecule has 0 atom stereocenters. The van der Waals surface area contributed by atoms with Crippen LogP contribution in [0.15, 0.2) is 47.8 Å². The van der Waals surface area contributed by atoms with E-state index in [1.54, 1.807) is 17.5 Å². The second kappa shape index (κ2) is 7.24. The maximum Gasteiger partial charge on any atom is 0.345 e. The van der Waals surface area contributed by atoms with Crippen LogP contribution in [0.25, 0.3) is 0 Å². The van der Waals surface area contributed by atoms with Gasteiger partial charge in [0.2, 0.25) is 5.91 Å². The van der Waals surface area contributed by atoms with Gasteiger partial charge in [0.05, 0.1) is 6.42 Å². The van der Waals surface area contributed by atoms with Crippen molar-refractivity contribution in [2.75, 3.05) is 0 Å². The van der Waals surface area contributed by atoms with Crippen LogP contribution in [0.2, 0.25) is 0 Å². The molecule has 1 aromatic carbocycles. The Morgan fingerprint density at radius 3 is 2.17 bits per heavy atom. The molecular formula is C13H13NO3S. The van der Waals surface area contributed by atoms with E-state index in [9.17, 15) is 9.59 Å². The molecule has 5 heteroatoms. The largest absolute Gasteiger partial charge is 0.477 e.